The molecule has 1 rings (SSSR count). The molecule has 0 aromatic carbocycles. The fraction of sp³-hybridized carbons (Fsp3) is 1.00. The Hall–Kier alpha value is 0.270. The SMILES string of the molecule is CNC1CCCN(CC(C)(C)SC)C1. The minimum Gasteiger partial charge on any atom is -0.316 e. The molecule has 0 radical (unpaired) electrons. The van der Waals surface area contributed by atoms with Crippen molar-refractivity contribution in [1.29, 1.82) is 0 Å². The van der Waals surface area contributed by atoms with Crippen LogP contribution in [-0.2, 0) is 0 Å². The fourth-order valence-electron chi connectivity index (χ4n) is 2.04. The molecular weight excluding hydrogens is 192 g/mol. The molecule has 0 aliphatic carbocycles. The maximum atomic E-state index is 3.39. The third kappa shape index (κ3) is 3.79. The van der Waals surface area contributed by atoms with Gasteiger partial charge in [0.05, 0.1) is 0 Å². The van der Waals surface area contributed by atoms with Crippen LogP contribution >= 0.6 is 11.8 Å². The fourth-order valence-corrected chi connectivity index (χ4v) is 2.35. The Bertz CT molecular complexity index is 171. The summed E-state index contributed by atoms with van der Waals surface area (Å²) >= 11 is 1.97. The van der Waals surface area contributed by atoms with Crippen molar-refractivity contribution in [2.45, 2.75) is 37.5 Å². The smallest absolute Gasteiger partial charge is 0.0227 e. The number of rotatable bonds is 4. The molecule has 1 atom stereocenters. The summed E-state index contributed by atoms with van der Waals surface area (Å²) in [6.45, 7) is 8.39. The highest BCUT2D eigenvalue weighted by molar-refractivity contribution is 7.99. The van der Waals surface area contributed by atoms with Crippen LogP contribution < -0.4 is 5.32 Å². The van der Waals surface area contributed by atoms with E-state index in [9.17, 15) is 0 Å². The average molecular weight is 216 g/mol. The lowest BCUT2D eigenvalue weighted by atomic mass is 10.0. The van der Waals surface area contributed by atoms with Gasteiger partial charge in [-0.1, -0.05) is 0 Å². The summed E-state index contributed by atoms with van der Waals surface area (Å²) in [5.41, 5.74) is 0. The predicted molar refractivity (Wildman–Crippen MR) is 66.1 cm³/mol. The summed E-state index contributed by atoms with van der Waals surface area (Å²) in [7, 11) is 2.08. The van der Waals surface area contributed by atoms with Gasteiger partial charge < -0.3 is 10.2 Å². The van der Waals surface area contributed by atoms with Crippen molar-refractivity contribution in [2.75, 3.05) is 32.9 Å². The predicted octanol–water partition coefficient (Wildman–Crippen LogP) is 1.81. The summed E-state index contributed by atoms with van der Waals surface area (Å²) in [5, 5.41) is 3.39. The van der Waals surface area contributed by atoms with Crippen molar-refractivity contribution in [2.24, 2.45) is 0 Å². The van der Waals surface area contributed by atoms with Crippen LogP contribution in [0.15, 0.2) is 0 Å². The lowest BCUT2D eigenvalue weighted by Crippen LogP contribution is -2.48. The van der Waals surface area contributed by atoms with Crippen LogP contribution in [0.5, 0.6) is 0 Å². The van der Waals surface area contributed by atoms with Crippen molar-refractivity contribution < 1.29 is 0 Å². The molecular formula is C11H24N2S. The van der Waals surface area contributed by atoms with Gasteiger partial charge in [-0.05, 0) is 46.5 Å². The Morgan fingerprint density at radius 1 is 1.50 bits per heavy atom. The number of likely N-dealkylation sites (N-methyl/N-ethyl adjacent to an activating group) is 1. The van der Waals surface area contributed by atoms with Gasteiger partial charge in [-0.3, -0.25) is 0 Å². The lowest BCUT2D eigenvalue weighted by Gasteiger charge is -2.37. The Morgan fingerprint density at radius 3 is 2.79 bits per heavy atom. The van der Waals surface area contributed by atoms with Crippen molar-refractivity contribution in [3.05, 3.63) is 0 Å². The van der Waals surface area contributed by atoms with E-state index in [1.54, 1.807) is 0 Å². The second-order valence-electron chi connectivity index (χ2n) is 4.83. The third-order valence-corrected chi connectivity index (χ3v) is 4.31. The summed E-state index contributed by atoms with van der Waals surface area (Å²) in [4.78, 5) is 2.60. The van der Waals surface area contributed by atoms with Gasteiger partial charge in [0.25, 0.3) is 0 Å². The standard InChI is InChI=1S/C11H24N2S/c1-11(2,14-4)9-13-7-5-6-10(8-13)12-3/h10,12H,5-9H2,1-4H3. The Kier molecular flexibility index (Phi) is 4.74. The first-order valence-electron chi connectivity index (χ1n) is 5.52. The molecule has 0 spiro atoms. The van der Waals surface area contributed by atoms with E-state index < -0.39 is 0 Å². The van der Waals surface area contributed by atoms with Crippen LogP contribution in [0.2, 0.25) is 0 Å². The molecule has 1 fully saturated rings. The maximum absolute atomic E-state index is 3.39. The summed E-state index contributed by atoms with van der Waals surface area (Å²) in [6, 6.07) is 0.710. The van der Waals surface area contributed by atoms with E-state index >= 15 is 0 Å². The first-order chi connectivity index (χ1) is 6.57. The third-order valence-electron chi connectivity index (χ3n) is 3.07. The molecule has 1 aliphatic heterocycles. The Balaban J connectivity index is 2.37. The van der Waals surface area contributed by atoms with E-state index in [1.807, 2.05) is 11.8 Å². The van der Waals surface area contributed by atoms with Gasteiger partial charge in [0, 0.05) is 23.9 Å². The second-order valence-corrected chi connectivity index (χ2v) is 6.34. The van der Waals surface area contributed by atoms with Gasteiger partial charge in [-0.25, -0.2) is 0 Å². The van der Waals surface area contributed by atoms with E-state index in [2.05, 4.69) is 37.4 Å². The minimum absolute atomic E-state index is 0.398. The van der Waals surface area contributed by atoms with Gasteiger partial charge in [0.15, 0.2) is 0 Å². The van der Waals surface area contributed by atoms with Crippen molar-refractivity contribution in [3.8, 4) is 0 Å². The maximum Gasteiger partial charge on any atom is 0.0227 e. The second kappa shape index (κ2) is 5.38. The zero-order valence-electron chi connectivity index (χ0n) is 9.97. The highest BCUT2D eigenvalue weighted by Gasteiger charge is 2.24. The molecule has 0 bridgehead atoms. The molecule has 0 amide bonds. The van der Waals surface area contributed by atoms with Gasteiger partial charge >= 0.3 is 0 Å². The van der Waals surface area contributed by atoms with E-state index in [1.165, 1.54) is 32.5 Å². The van der Waals surface area contributed by atoms with Gasteiger partial charge in [0.2, 0.25) is 0 Å². The number of nitrogens with zero attached hydrogens (tertiary/aromatic N) is 1. The lowest BCUT2D eigenvalue weighted by molar-refractivity contribution is 0.184. The van der Waals surface area contributed by atoms with Crippen molar-refractivity contribution in [3.63, 3.8) is 0 Å². The van der Waals surface area contributed by atoms with Crippen molar-refractivity contribution in [1.82, 2.24) is 10.2 Å². The quantitative estimate of drug-likeness (QED) is 0.771. The first-order valence-corrected chi connectivity index (χ1v) is 6.74. The van der Waals surface area contributed by atoms with Crippen LogP contribution in [0.3, 0.4) is 0 Å². The van der Waals surface area contributed by atoms with E-state index in [0.29, 0.717) is 10.8 Å². The average Bonchev–Trinajstić information content (AvgIpc) is 2.17. The van der Waals surface area contributed by atoms with Crippen LogP contribution in [0, 0.1) is 0 Å². The highest BCUT2D eigenvalue weighted by Crippen LogP contribution is 2.24. The van der Waals surface area contributed by atoms with Crippen LogP contribution in [-0.4, -0.2) is 48.6 Å². The van der Waals surface area contributed by atoms with Crippen LogP contribution in [0.1, 0.15) is 26.7 Å². The van der Waals surface area contributed by atoms with Crippen molar-refractivity contribution >= 4 is 11.8 Å². The normalized spacial score (nSPS) is 25.3. The number of likely N-dealkylation sites (tertiary alicyclic amines) is 1. The highest BCUT2D eigenvalue weighted by atomic mass is 32.2. The minimum atomic E-state index is 0.398. The first kappa shape index (κ1) is 12.3. The molecule has 2 nitrogen and oxygen atoms in total. The zero-order chi connectivity index (χ0) is 10.6. The number of piperidine rings is 1. The van der Waals surface area contributed by atoms with E-state index in [-0.39, 0.29) is 0 Å². The molecule has 84 valence electrons. The zero-order valence-corrected chi connectivity index (χ0v) is 10.8. The molecule has 1 heterocycles. The summed E-state index contributed by atoms with van der Waals surface area (Å²) in [6.07, 6.45) is 4.89. The largest absolute Gasteiger partial charge is 0.316 e. The summed E-state index contributed by atoms with van der Waals surface area (Å²) < 4.78 is 0.398. The summed E-state index contributed by atoms with van der Waals surface area (Å²) in [5.74, 6) is 0. The van der Waals surface area contributed by atoms with Crippen LogP contribution in [0.25, 0.3) is 0 Å². The number of hydrogen-bond acceptors (Lipinski definition) is 3. The van der Waals surface area contributed by atoms with E-state index in [4.69, 9.17) is 0 Å². The Labute approximate surface area is 92.8 Å². The number of thioether (sulfide) groups is 1. The molecule has 0 saturated carbocycles. The molecule has 1 N–H and O–H groups in total. The van der Waals surface area contributed by atoms with Gasteiger partial charge in [0.1, 0.15) is 0 Å². The van der Waals surface area contributed by atoms with E-state index in [0.717, 1.165) is 0 Å². The molecule has 0 aromatic heterocycles. The number of nitrogens with one attached hydrogen (secondary N) is 1. The molecule has 1 aliphatic rings. The molecule has 1 saturated heterocycles. The molecule has 3 heteroatoms. The van der Waals surface area contributed by atoms with Crippen LogP contribution in [0.4, 0.5) is 0 Å². The van der Waals surface area contributed by atoms with Gasteiger partial charge in [-0.15, -0.1) is 0 Å². The molecule has 0 aromatic rings. The molecule has 14 heavy (non-hydrogen) atoms. The Morgan fingerprint density at radius 2 is 2.21 bits per heavy atom. The monoisotopic (exact) mass is 216 g/mol. The topological polar surface area (TPSA) is 15.3 Å². The number of hydrogen-bond donors (Lipinski definition) is 1. The molecule has 1 unspecified atom stereocenters. The van der Waals surface area contributed by atoms with Gasteiger partial charge in [-0.2, -0.15) is 11.8 Å².